The molecule has 0 amide bonds. The predicted octanol–water partition coefficient (Wildman–Crippen LogP) is 2.00. The van der Waals surface area contributed by atoms with Gasteiger partial charge in [0, 0.05) is 45.3 Å². The van der Waals surface area contributed by atoms with Crippen molar-refractivity contribution in [2.24, 2.45) is 5.73 Å². The minimum absolute atomic E-state index is 0.174. The summed E-state index contributed by atoms with van der Waals surface area (Å²) >= 11 is 0. The molecule has 0 radical (unpaired) electrons. The maximum atomic E-state index is 12.1. The Balaban J connectivity index is 1.74. The van der Waals surface area contributed by atoms with Crippen molar-refractivity contribution >= 4 is 5.82 Å². The summed E-state index contributed by atoms with van der Waals surface area (Å²) in [6.07, 6.45) is -2.80. The Hall–Kier alpha value is -1.34. The number of rotatable bonds is 5. The average Bonchev–Trinajstić information content (AvgIpc) is 2.47. The monoisotopic (exact) mass is 302 g/mol. The first-order valence-electron chi connectivity index (χ1n) is 7.17. The highest BCUT2D eigenvalue weighted by Crippen LogP contribution is 2.22. The zero-order chi connectivity index (χ0) is 15.3. The molecule has 1 aliphatic heterocycles. The molecule has 7 heteroatoms. The van der Waals surface area contributed by atoms with E-state index in [-0.39, 0.29) is 6.42 Å². The summed E-state index contributed by atoms with van der Waals surface area (Å²) in [5, 5.41) is 0. The molecule has 0 aromatic carbocycles. The summed E-state index contributed by atoms with van der Waals surface area (Å²) in [5.74, 6) is 0.905. The van der Waals surface area contributed by atoms with Crippen LogP contribution in [0.1, 0.15) is 18.4 Å². The van der Waals surface area contributed by atoms with E-state index in [4.69, 9.17) is 5.73 Å². The van der Waals surface area contributed by atoms with E-state index < -0.39 is 12.6 Å². The quantitative estimate of drug-likeness (QED) is 0.904. The molecule has 1 fully saturated rings. The van der Waals surface area contributed by atoms with Crippen molar-refractivity contribution in [3.05, 3.63) is 23.9 Å². The Morgan fingerprint density at radius 2 is 1.86 bits per heavy atom. The van der Waals surface area contributed by atoms with Crippen LogP contribution in [0.5, 0.6) is 0 Å². The summed E-state index contributed by atoms with van der Waals surface area (Å²) in [4.78, 5) is 8.60. The zero-order valence-corrected chi connectivity index (χ0v) is 11.9. The normalized spacial score (nSPS) is 17.2. The topological polar surface area (TPSA) is 45.4 Å². The Kier molecular flexibility index (Phi) is 5.41. The van der Waals surface area contributed by atoms with Crippen molar-refractivity contribution < 1.29 is 13.2 Å². The zero-order valence-electron chi connectivity index (χ0n) is 11.9. The third-order valence-corrected chi connectivity index (χ3v) is 3.68. The molecule has 0 bridgehead atoms. The standard InChI is InChI=1S/C14H21F3N4/c15-14(16,17)4-1-5-20-6-8-21(9-7-20)13-3-2-12(10-18)11-19-13/h2-3,11H,1,4-10,18H2. The van der Waals surface area contributed by atoms with Crippen LogP contribution >= 0.6 is 0 Å². The van der Waals surface area contributed by atoms with E-state index in [1.807, 2.05) is 12.1 Å². The molecule has 1 aliphatic rings. The fourth-order valence-corrected chi connectivity index (χ4v) is 2.43. The molecule has 0 atom stereocenters. The molecule has 0 saturated carbocycles. The van der Waals surface area contributed by atoms with Crippen molar-refractivity contribution in [3.8, 4) is 0 Å². The lowest BCUT2D eigenvalue weighted by atomic mass is 10.2. The van der Waals surface area contributed by atoms with Gasteiger partial charge in [0.1, 0.15) is 5.82 Å². The molecule has 118 valence electrons. The van der Waals surface area contributed by atoms with Gasteiger partial charge in [-0.1, -0.05) is 6.07 Å². The number of nitrogens with zero attached hydrogens (tertiary/aromatic N) is 3. The Morgan fingerprint density at radius 3 is 2.38 bits per heavy atom. The van der Waals surface area contributed by atoms with Gasteiger partial charge in [0.15, 0.2) is 0 Å². The number of pyridine rings is 1. The van der Waals surface area contributed by atoms with Crippen LogP contribution in [0.4, 0.5) is 19.0 Å². The van der Waals surface area contributed by atoms with Crippen molar-refractivity contribution in [2.75, 3.05) is 37.6 Å². The van der Waals surface area contributed by atoms with Gasteiger partial charge in [0.25, 0.3) is 0 Å². The maximum Gasteiger partial charge on any atom is 0.389 e. The van der Waals surface area contributed by atoms with Crippen molar-refractivity contribution in [1.82, 2.24) is 9.88 Å². The number of hydrogen-bond donors (Lipinski definition) is 1. The van der Waals surface area contributed by atoms with E-state index in [1.165, 1.54) is 0 Å². The lowest BCUT2D eigenvalue weighted by molar-refractivity contribution is -0.136. The summed E-state index contributed by atoms with van der Waals surface area (Å²) < 4.78 is 36.3. The predicted molar refractivity (Wildman–Crippen MR) is 76.1 cm³/mol. The first-order valence-corrected chi connectivity index (χ1v) is 7.17. The molecule has 0 aliphatic carbocycles. The van der Waals surface area contributed by atoms with E-state index in [1.54, 1.807) is 6.20 Å². The van der Waals surface area contributed by atoms with Gasteiger partial charge in [-0.3, -0.25) is 4.90 Å². The summed E-state index contributed by atoms with van der Waals surface area (Å²) in [6.45, 7) is 4.12. The van der Waals surface area contributed by atoms with Crippen molar-refractivity contribution in [1.29, 1.82) is 0 Å². The van der Waals surface area contributed by atoms with Crippen molar-refractivity contribution in [2.45, 2.75) is 25.6 Å². The molecule has 2 N–H and O–H groups in total. The summed E-state index contributed by atoms with van der Waals surface area (Å²) in [7, 11) is 0. The van der Waals surface area contributed by atoms with Gasteiger partial charge in [0.05, 0.1) is 0 Å². The van der Waals surface area contributed by atoms with E-state index in [0.717, 1.165) is 37.6 Å². The second-order valence-electron chi connectivity index (χ2n) is 5.28. The van der Waals surface area contributed by atoms with E-state index in [9.17, 15) is 13.2 Å². The molecule has 1 aromatic heterocycles. The van der Waals surface area contributed by atoms with Gasteiger partial charge in [-0.25, -0.2) is 4.98 Å². The van der Waals surface area contributed by atoms with E-state index >= 15 is 0 Å². The first kappa shape index (κ1) is 16.0. The highest BCUT2D eigenvalue weighted by atomic mass is 19.4. The van der Waals surface area contributed by atoms with Crippen LogP contribution in [-0.4, -0.2) is 48.8 Å². The second-order valence-corrected chi connectivity index (χ2v) is 5.28. The molecular formula is C14H21F3N4. The fraction of sp³-hybridized carbons (Fsp3) is 0.643. The van der Waals surface area contributed by atoms with Gasteiger partial charge < -0.3 is 10.6 Å². The summed E-state index contributed by atoms with van der Waals surface area (Å²) in [5.41, 5.74) is 6.52. The Labute approximate surface area is 122 Å². The minimum atomic E-state index is -4.05. The Morgan fingerprint density at radius 1 is 1.14 bits per heavy atom. The number of anilines is 1. The fourth-order valence-electron chi connectivity index (χ4n) is 2.43. The van der Waals surface area contributed by atoms with Crippen molar-refractivity contribution in [3.63, 3.8) is 0 Å². The highest BCUT2D eigenvalue weighted by Gasteiger charge is 2.27. The van der Waals surface area contributed by atoms with Crippen LogP contribution in [0.3, 0.4) is 0 Å². The molecule has 2 heterocycles. The lowest BCUT2D eigenvalue weighted by Crippen LogP contribution is -2.47. The van der Waals surface area contributed by atoms with Gasteiger partial charge in [-0.05, 0) is 24.6 Å². The van der Waals surface area contributed by atoms with Gasteiger partial charge in [-0.15, -0.1) is 0 Å². The molecule has 1 aromatic rings. The molecule has 1 saturated heterocycles. The minimum Gasteiger partial charge on any atom is -0.354 e. The lowest BCUT2D eigenvalue weighted by Gasteiger charge is -2.35. The van der Waals surface area contributed by atoms with Gasteiger partial charge in [-0.2, -0.15) is 13.2 Å². The number of halogens is 3. The summed E-state index contributed by atoms with van der Waals surface area (Å²) in [6, 6.07) is 3.90. The number of piperazine rings is 1. The van der Waals surface area contributed by atoms with E-state index in [0.29, 0.717) is 13.1 Å². The third-order valence-electron chi connectivity index (χ3n) is 3.68. The third kappa shape index (κ3) is 5.17. The Bertz CT molecular complexity index is 425. The van der Waals surface area contributed by atoms with Crippen LogP contribution in [0, 0.1) is 0 Å². The largest absolute Gasteiger partial charge is 0.389 e. The van der Waals surface area contributed by atoms with Crippen LogP contribution in [0.15, 0.2) is 18.3 Å². The molecule has 0 unspecified atom stereocenters. The van der Waals surface area contributed by atoms with Crippen LogP contribution < -0.4 is 10.6 Å². The molecule has 4 nitrogen and oxygen atoms in total. The highest BCUT2D eigenvalue weighted by molar-refractivity contribution is 5.39. The molecule has 0 spiro atoms. The SMILES string of the molecule is NCc1ccc(N2CCN(CCCC(F)(F)F)CC2)nc1. The molecule has 2 rings (SSSR count). The van der Waals surface area contributed by atoms with Gasteiger partial charge >= 0.3 is 6.18 Å². The molecular weight excluding hydrogens is 281 g/mol. The van der Waals surface area contributed by atoms with Crippen LogP contribution in [-0.2, 0) is 6.54 Å². The number of hydrogen-bond acceptors (Lipinski definition) is 4. The number of aromatic nitrogens is 1. The van der Waals surface area contributed by atoms with E-state index in [2.05, 4.69) is 14.8 Å². The molecule has 21 heavy (non-hydrogen) atoms. The average molecular weight is 302 g/mol. The smallest absolute Gasteiger partial charge is 0.354 e. The number of alkyl halides is 3. The first-order chi connectivity index (χ1) is 9.98. The maximum absolute atomic E-state index is 12.1. The second kappa shape index (κ2) is 7.09. The van der Waals surface area contributed by atoms with Crippen LogP contribution in [0.25, 0.3) is 0 Å². The van der Waals surface area contributed by atoms with Crippen LogP contribution in [0.2, 0.25) is 0 Å². The van der Waals surface area contributed by atoms with Gasteiger partial charge in [0.2, 0.25) is 0 Å². The number of nitrogens with two attached hydrogens (primary N) is 1.